The molecule has 0 bridgehead atoms. The number of nitrogens with zero attached hydrogens (tertiary/aromatic N) is 2. The van der Waals surface area contributed by atoms with Crippen LogP contribution in [-0.2, 0) is 16.2 Å². The summed E-state index contributed by atoms with van der Waals surface area (Å²) in [4.78, 5) is 20.9. The molecule has 17 heavy (non-hydrogen) atoms. The minimum Gasteiger partial charge on any atom is -0.356 e. The summed E-state index contributed by atoms with van der Waals surface area (Å²) in [7, 11) is 0. The lowest BCUT2D eigenvalue weighted by atomic mass is 10.4. The predicted molar refractivity (Wildman–Crippen MR) is 63.6 cm³/mol. The number of hydrogen-bond acceptors (Lipinski definition) is 6. The largest absolute Gasteiger partial charge is 0.356 e. The Balaban J connectivity index is 2.03. The Morgan fingerprint density at radius 2 is 2.53 bits per heavy atom. The van der Waals surface area contributed by atoms with Crippen LogP contribution in [0, 0.1) is 0 Å². The first kappa shape index (κ1) is 11.8. The highest BCUT2D eigenvalue weighted by molar-refractivity contribution is 7.13. The minimum absolute atomic E-state index is 0.235. The maximum Gasteiger partial charge on any atom is 0.328 e. The molecule has 0 saturated heterocycles. The zero-order chi connectivity index (χ0) is 12.1. The van der Waals surface area contributed by atoms with Crippen molar-refractivity contribution in [3.05, 3.63) is 29.9 Å². The van der Waals surface area contributed by atoms with E-state index in [1.54, 1.807) is 17.5 Å². The molecule has 7 heteroatoms. The van der Waals surface area contributed by atoms with Gasteiger partial charge in [0.25, 0.3) is 0 Å². The molecular formula is C10H12N4O2S. The Bertz CT molecular complexity index is 480. The zero-order valence-corrected chi connectivity index (χ0v) is 9.81. The van der Waals surface area contributed by atoms with Crippen molar-refractivity contribution in [3.8, 4) is 10.7 Å². The molecule has 0 aliphatic carbocycles. The number of aromatic nitrogens is 2. The average molecular weight is 252 g/mol. The molecule has 0 spiro atoms. The van der Waals surface area contributed by atoms with Crippen molar-refractivity contribution in [2.75, 3.05) is 0 Å². The highest BCUT2D eigenvalue weighted by Crippen LogP contribution is 2.22. The van der Waals surface area contributed by atoms with Gasteiger partial charge >= 0.3 is 5.97 Å². The van der Waals surface area contributed by atoms with Crippen molar-refractivity contribution in [2.24, 2.45) is 5.84 Å². The van der Waals surface area contributed by atoms with Crippen molar-refractivity contribution in [2.45, 2.75) is 13.0 Å². The molecule has 2 aromatic heterocycles. The quantitative estimate of drug-likeness (QED) is 0.611. The molecule has 0 fully saturated rings. The van der Waals surface area contributed by atoms with Crippen LogP contribution >= 0.6 is 11.3 Å². The van der Waals surface area contributed by atoms with Crippen LogP contribution in [0.1, 0.15) is 6.42 Å². The number of hydrogen-bond donors (Lipinski definition) is 2. The van der Waals surface area contributed by atoms with Gasteiger partial charge in [0.2, 0.25) is 0 Å². The standard InChI is InChI=1S/C10H12N4O2S/c11-13-16-9(15)3-5-14-6-4-12-10(14)8-2-1-7-17-8/h1-2,4,6-7,13H,3,5,11H2. The zero-order valence-electron chi connectivity index (χ0n) is 9.00. The summed E-state index contributed by atoms with van der Waals surface area (Å²) < 4.78 is 1.91. The fourth-order valence-corrected chi connectivity index (χ4v) is 2.19. The van der Waals surface area contributed by atoms with Crippen molar-refractivity contribution in [3.63, 3.8) is 0 Å². The summed E-state index contributed by atoms with van der Waals surface area (Å²) in [6.45, 7) is 0.508. The van der Waals surface area contributed by atoms with E-state index in [-0.39, 0.29) is 6.42 Å². The Labute approximate surface area is 102 Å². The second-order valence-corrected chi connectivity index (χ2v) is 4.21. The maximum absolute atomic E-state index is 11.1. The van der Waals surface area contributed by atoms with E-state index in [0.29, 0.717) is 6.54 Å². The third-order valence-corrected chi connectivity index (χ3v) is 3.05. The van der Waals surface area contributed by atoms with Crippen molar-refractivity contribution >= 4 is 17.3 Å². The Hall–Kier alpha value is -1.70. The fraction of sp³-hybridized carbons (Fsp3) is 0.200. The predicted octanol–water partition coefficient (Wildman–Crippen LogP) is 0.923. The first-order valence-corrected chi connectivity index (χ1v) is 5.89. The summed E-state index contributed by atoms with van der Waals surface area (Å²) in [5.74, 6) is 5.33. The molecule has 2 heterocycles. The lowest BCUT2D eigenvalue weighted by molar-refractivity contribution is -0.151. The SMILES string of the molecule is NNOC(=O)CCn1ccnc1-c1cccs1. The molecule has 0 unspecified atom stereocenters. The second-order valence-electron chi connectivity index (χ2n) is 3.26. The van der Waals surface area contributed by atoms with Gasteiger partial charge in [-0.2, -0.15) is 0 Å². The van der Waals surface area contributed by atoms with E-state index in [4.69, 9.17) is 5.84 Å². The lowest BCUT2D eigenvalue weighted by Gasteiger charge is -2.05. The Morgan fingerprint density at radius 1 is 1.65 bits per heavy atom. The van der Waals surface area contributed by atoms with Crippen LogP contribution in [0.5, 0.6) is 0 Å². The van der Waals surface area contributed by atoms with Crippen LogP contribution in [0.15, 0.2) is 29.9 Å². The molecule has 0 atom stereocenters. The number of imidazole rings is 1. The van der Waals surface area contributed by atoms with Crippen LogP contribution in [0.4, 0.5) is 0 Å². The summed E-state index contributed by atoms with van der Waals surface area (Å²) in [6.07, 6.45) is 3.78. The molecule has 2 aromatic rings. The first-order valence-electron chi connectivity index (χ1n) is 5.01. The monoisotopic (exact) mass is 252 g/mol. The van der Waals surface area contributed by atoms with Crippen molar-refractivity contribution in [1.82, 2.24) is 15.1 Å². The smallest absolute Gasteiger partial charge is 0.328 e. The second kappa shape index (κ2) is 5.58. The van der Waals surface area contributed by atoms with Crippen LogP contribution in [0.3, 0.4) is 0 Å². The van der Waals surface area contributed by atoms with Crippen LogP contribution < -0.4 is 11.4 Å². The highest BCUT2D eigenvalue weighted by atomic mass is 32.1. The van der Waals surface area contributed by atoms with E-state index >= 15 is 0 Å². The number of aryl methyl sites for hydroxylation is 1. The minimum atomic E-state index is -0.404. The number of carbonyl (C=O) groups is 1. The maximum atomic E-state index is 11.1. The molecule has 90 valence electrons. The van der Waals surface area contributed by atoms with Gasteiger partial charge in [0.05, 0.1) is 11.3 Å². The summed E-state index contributed by atoms with van der Waals surface area (Å²) in [6, 6.07) is 3.95. The van der Waals surface area contributed by atoms with E-state index in [9.17, 15) is 4.79 Å². The molecule has 0 aliphatic heterocycles. The van der Waals surface area contributed by atoms with Crippen LogP contribution in [0.2, 0.25) is 0 Å². The van der Waals surface area contributed by atoms with E-state index in [1.807, 2.05) is 33.9 Å². The van der Waals surface area contributed by atoms with E-state index < -0.39 is 5.97 Å². The molecular weight excluding hydrogens is 240 g/mol. The van der Waals surface area contributed by atoms with Gasteiger partial charge in [0.1, 0.15) is 5.82 Å². The molecule has 2 rings (SSSR count). The van der Waals surface area contributed by atoms with Gasteiger partial charge in [-0.15, -0.1) is 11.3 Å². The fourth-order valence-electron chi connectivity index (χ4n) is 1.45. The number of hydrazine groups is 1. The van der Waals surface area contributed by atoms with E-state index in [1.165, 1.54) is 0 Å². The number of carbonyl (C=O) groups excluding carboxylic acids is 1. The number of rotatable bonds is 5. The van der Waals surface area contributed by atoms with Gasteiger partial charge in [-0.05, 0) is 11.4 Å². The van der Waals surface area contributed by atoms with Crippen LogP contribution in [0.25, 0.3) is 10.7 Å². The molecule has 0 amide bonds. The summed E-state index contributed by atoms with van der Waals surface area (Å²) >= 11 is 1.61. The Morgan fingerprint density at radius 3 is 3.24 bits per heavy atom. The van der Waals surface area contributed by atoms with Gasteiger partial charge < -0.3 is 9.40 Å². The normalized spacial score (nSPS) is 10.4. The number of thiophene rings is 1. The van der Waals surface area contributed by atoms with Gasteiger partial charge in [-0.1, -0.05) is 11.7 Å². The van der Waals surface area contributed by atoms with E-state index in [0.717, 1.165) is 10.7 Å². The van der Waals surface area contributed by atoms with Gasteiger partial charge in [0.15, 0.2) is 0 Å². The topological polar surface area (TPSA) is 82.2 Å². The third-order valence-electron chi connectivity index (χ3n) is 2.19. The van der Waals surface area contributed by atoms with Gasteiger partial charge in [0, 0.05) is 18.9 Å². The molecule has 3 N–H and O–H groups in total. The summed E-state index contributed by atoms with van der Waals surface area (Å²) in [5.41, 5.74) is 1.87. The Kier molecular flexibility index (Phi) is 3.86. The third kappa shape index (κ3) is 2.90. The molecule has 0 radical (unpaired) electrons. The molecule has 0 saturated carbocycles. The van der Waals surface area contributed by atoms with Crippen molar-refractivity contribution in [1.29, 1.82) is 0 Å². The first-order chi connectivity index (χ1) is 8.31. The number of nitrogens with one attached hydrogen (secondary N) is 1. The number of nitrogens with two attached hydrogens (primary N) is 1. The van der Waals surface area contributed by atoms with Gasteiger partial charge in [-0.25, -0.2) is 10.8 Å². The van der Waals surface area contributed by atoms with E-state index in [2.05, 4.69) is 9.82 Å². The van der Waals surface area contributed by atoms with Gasteiger partial charge in [-0.3, -0.25) is 4.79 Å². The summed E-state index contributed by atoms with van der Waals surface area (Å²) in [5, 5.41) is 1.99. The molecule has 0 aromatic carbocycles. The lowest BCUT2D eigenvalue weighted by Crippen LogP contribution is -2.26. The van der Waals surface area contributed by atoms with Crippen molar-refractivity contribution < 1.29 is 9.63 Å². The van der Waals surface area contributed by atoms with Crippen LogP contribution in [-0.4, -0.2) is 15.5 Å². The molecule has 0 aliphatic rings. The highest BCUT2D eigenvalue weighted by Gasteiger charge is 2.09. The molecule has 6 nitrogen and oxygen atoms in total. The average Bonchev–Trinajstić information content (AvgIpc) is 2.97.